The molecule has 21 heavy (non-hydrogen) atoms. The minimum Gasteiger partial charge on any atom is -0.548 e. The Morgan fingerprint density at radius 2 is 1.90 bits per heavy atom. The van der Waals surface area contributed by atoms with E-state index >= 15 is 0 Å². The smallest absolute Gasteiger partial charge is 0.408 e. The number of amides is 1. The van der Waals surface area contributed by atoms with Gasteiger partial charge in [-0.25, -0.2) is 4.79 Å². The molecule has 1 aromatic carbocycles. The summed E-state index contributed by atoms with van der Waals surface area (Å²) in [6, 6.07) is 8.33. The molecule has 1 atom stereocenters. The van der Waals surface area contributed by atoms with E-state index in [4.69, 9.17) is 4.74 Å². The van der Waals surface area contributed by atoms with Gasteiger partial charge in [0, 0.05) is 0 Å². The van der Waals surface area contributed by atoms with Gasteiger partial charge in [-0.2, -0.15) is 0 Å². The van der Waals surface area contributed by atoms with Gasteiger partial charge < -0.3 is 20.0 Å². The molecule has 1 amide bonds. The second-order valence-corrected chi connectivity index (χ2v) is 5.57. The summed E-state index contributed by atoms with van der Waals surface area (Å²) < 4.78 is 5.02. The summed E-state index contributed by atoms with van der Waals surface area (Å²) in [5.74, 6) is -1.35. The third-order valence-corrected chi connectivity index (χ3v) is 2.46. The number of benzene rings is 1. The van der Waals surface area contributed by atoms with Crippen LogP contribution in [0.2, 0.25) is 0 Å². The van der Waals surface area contributed by atoms with E-state index < -0.39 is 23.7 Å². The molecular formula is C16H20NO4-. The molecular weight excluding hydrogens is 270 g/mol. The molecule has 0 saturated carbocycles. The highest BCUT2D eigenvalue weighted by molar-refractivity contribution is 5.79. The van der Waals surface area contributed by atoms with Crippen LogP contribution in [0.4, 0.5) is 4.79 Å². The van der Waals surface area contributed by atoms with Crippen LogP contribution in [0.5, 0.6) is 0 Å². The maximum Gasteiger partial charge on any atom is 0.408 e. The van der Waals surface area contributed by atoms with Crippen LogP contribution in [0.15, 0.2) is 36.4 Å². The molecule has 5 nitrogen and oxygen atoms in total. The molecule has 0 radical (unpaired) electrons. The molecule has 0 bridgehead atoms. The van der Waals surface area contributed by atoms with E-state index in [0.29, 0.717) is 0 Å². The molecule has 1 aromatic rings. The largest absolute Gasteiger partial charge is 0.548 e. The van der Waals surface area contributed by atoms with Crippen LogP contribution in [0.3, 0.4) is 0 Å². The summed E-state index contributed by atoms with van der Waals surface area (Å²) in [5, 5.41) is 13.3. The fraction of sp³-hybridized carbons (Fsp3) is 0.375. The molecule has 1 rings (SSSR count). The Hall–Kier alpha value is -2.30. The lowest BCUT2D eigenvalue weighted by atomic mass is 10.1. The number of aliphatic carboxylic acids is 1. The molecule has 5 heteroatoms. The number of carboxylic acids is 1. The number of ether oxygens (including phenoxy) is 1. The number of hydrogen-bond acceptors (Lipinski definition) is 4. The first-order chi connectivity index (χ1) is 9.78. The van der Waals surface area contributed by atoms with E-state index in [0.717, 1.165) is 5.56 Å². The second kappa shape index (κ2) is 7.47. The number of carboxylic acid groups (broad SMARTS) is 1. The molecule has 1 unspecified atom stereocenters. The number of hydrogen-bond donors (Lipinski definition) is 1. The lowest BCUT2D eigenvalue weighted by Gasteiger charge is -2.23. The molecule has 0 aliphatic carbocycles. The molecule has 1 N–H and O–H groups in total. The highest BCUT2D eigenvalue weighted by atomic mass is 16.6. The monoisotopic (exact) mass is 290 g/mol. The summed E-state index contributed by atoms with van der Waals surface area (Å²) in [6.45, 7) is 5.11. The molecule has 0 aliphatic heterocycles. The zero-order valence-corrected chi connectivity index (χ0v) is 12.5. The van der Waals surface area contributed by atoms with Gasteiger partial charge in [-0.1, -0.05) is 42.5 Å². The van der Waals surface area contributed by atoms with Crippen molar-refractivity contribution in [2.75, 3.05) is 0 Å². The Kier molecular flexibility index (Phi) is 5.96. The number of carbonyl (C=O) groups excluding carboxylic acids is 2. The number of alkyl carbamates (subject to hydrolysis) is 1. The topological polar surface area (TPSA) is 78.5 Å². The van der Waals surface area contributed by atoms with Crippen molar-refractivity contribution in [2.24, 2.45) is 0 Å². The van der Waals surface area contributed by atoms with Gasteiger partial charge in [-0.05, 0) is 32.8 Å². The van der Waals surface area contributed by atoms with Crippen LogP contribution in [-0.2, 0) is 9.53 Å². The van der Waals surface area contributed by atoms with Crippen LogP contribution in [0.1, 0.15) is 32.8 Å². The zero-order chi connectivity index (χ0) is 15.9. The minimum absolute atomic E-state index is 0.121. The van der Waals surface area contributed by atoms with Crippen LogP contribution >= 0.6 is 0 Å². The first kappa shape index (κ1) is 16.8. The van der Waals surface area contributed by atoms with E-state index in [1.807, 2.05) is 30.3 Å². The van der Waals surface area contributed by atoms with Gasteiger partial charge in [-0.15, -0.1) is 0 Å². The van der Waals surface area contributed by atoms with E-state index in [-0.39, 0.29) is 6.42 Å². The summed E-state index contributed by atoms with van der Waals surface area (Å²) in [6.07, 6.45) is 2.81. The minimum atomic E-state index is -1.35. The van der Waals surface area contributed by atoms with Gasteiger partial charge in [0.15, 0.2) is 0 Å². The third-order valence-electron chi connectivity index (χ3n) is 2.46. The number of nitrogens with one attached hydrogen (secondary N) is 1. The molecule has 0 aromatic heterocycles. The summed E-state index contributed by atoms with van der Waals surface area (Å²) in [4.78, 5) is 22.6. The lowest BCUT2D eigenvalue weighted by Crippen LogP contribution is -2.48. The van der Waals surface area contributed by atoms with E-state index in [1.54, 1.807) is 32.9 Å². The Morgan fingerprint density at radius 1 is 1.29 bits per heavy atom. The average molecular weight is 290 g/mol. The molecule has 0 saturated heterocycles. The van der Waals surface area contributed by atoms with Crippen LogP contribution in [0.25, 0.3) is 6.08 Å². The normalized spacial score (nSPS) is 12.9. The molecule has 0 fully saturated rings. The fourth-order valence-corrected chi connectivity index (χ4v) is 1.57. The summed E-state index contributed by atoms with van der Waals surface area (Å²) in [5.41, 5.74) is 0.271. The number of rotatable bonds is 5. The van der Waals surface area contributed by atoms with Crippen molar-refractivity contribution >= 4 is 18.1 Å². The first-order valence-corrected chi connectivity index (χ1v) is 6.70. The second-order valence-electron chi connectivity index (χ2n) is 5.57. The molecule has 0 spiro atoms. The van der Waals surface area contributed by atoms with Crippen molar-refractivity contribution in [3.05, 3.63) is 42.0 Å². The van der Waals surface area contributed by atoms with Crippen molar-refractivity contribution in [3.8, 4) is 0 Å². The average Bonchev–Trinajstić information content (AvgIpc) is 2.36. The maximum atomic E-state index is 11.6. The van der Waals surface area contributed by atoms with Crippen molar-refractivity contribution in [2.45, 2.75) is 38.8 Å². The van der Waals surface area contributed by atoms with Gasteiger partial charge in [0.25, 0.3) is 0 Å². The van der Waals surface area contributed by atoms with Gasteiger partial charge >= 0.3 is 6.09 Å². The van der Waals surface area contributed by atoms with Crippen LogP contribution < -0.4 is 10.4 Å². The standard InChI is InChI=1S/C16H21NO4/c1-16(2,3)21-15(20)17-13(14(18)19)11-7-10-12-8-5-4-6-9-12/h4-10,13H,11H2,1-3H3,(H,17,20)(H,18,19)/p-1. The van der Waals surface area contributed by atoms with Crippen LogP contribution in [0, 0.1) is 0 Å². The quantitative estimate of drug-likeness (QED) is 0.895. The Balaban J connectivity index is 2.56. The van der Waals surface area contributed by atoms with Crippen LogP contribution in [-0.4, -0.2) is 23.7 Å². The Bertz CT molecular complexity index is 503. The Labute approximate surface area is 124 Å². The van der Waals surface area contributed by atoms with Crippen molar-refractivity contribution < 1.29 is 19.4 Å². The lowest BCUT2D eigenvalue weighted by molar-refractivity contribution is -0.308. The van der Waals surface area contributed by atoms with Gasteiger partial charge in [0.2, 0.25) is 0 Å². The predicted molar refractivity (Wildman–Crippen MR) is 78.3 cm³/mol. The molecule has 0 aliphatic rings. The Morgan fingerprint density at radius 3 is 2.43 bits per heavy atom. The highest BCUT2D eigenvalue weighted by Crippen LogP contribution is 2.08. The van der Waals surface area contributed by atoms with Gasteiger partial charge in [-0.3, -0.25) is 0 Å². The first-order valence-electron chi connectivity index (χ1n) is 6.70. The van der Waals surface area contributed by atoms with E-state index in [9.17, 15) is 14.7 Å². The highest BCUT2D eigenvalue weighted by Gasteiger charge is 2.19. The van der Waals surface area contributed by atoms with Crippen molar-refractivity contribution in [3.63, 3.8) is 0 Å². The van der Waals surface area contributed by atoms with E-state index in [1.165, 1.54) is 0 Å². The van der Waals surface area contributed by atoms with E-state index in [2.05, 4.69) is 5.32 Å². The van der Waals surface area contributed by atoms with Gasteiger partial charge in [0.1, 0.15) is 5.60 Å². The zero-order valence-electron chi connectivity index (χ0n) is 12.5. The van der Waals surface area contributed by atoms with Crippen molar-refractivity contribution in [1.82, 2.24) is 5.32 Å². The predicted octanol–water partition coefficient (Wildman–Crippen LogP) is 1.73. The third kappa shape index (κ3) is 7.15. The summed E-state index contributed by atoms with van der Waals surface area (Å²) in [7, 11) is 0. The fourth-order valence-electron chi connectivity index (χ4n) is 1.57. The molecule has 114 valence electrons. The maximum absolute atomic E-state index is 11.6. The number of carbonyl (C=O) groups is 2. The molecule has 0 heterocycles. The SMILES string of the molecule is CC(C)(C)OC(=O)NC(CC=Cc1ccccc1)C(=O)[O-]. The summed E-state index contributed by atoms with van der Waals surface area (Å²) >= 11 is 0. The van der Waals surface area contributed by atoms with Gasteiger partial charge in [0.05, 0.1) is 12.0 Å². The van der Waals surface area contributed by atoms with Crippen molar-refractivity contribution in [1.29, 1.82) is 0 Å².